The Bertz CT molecular complexity index is 211. The second-order valence-electron chi connectivity index (χ2n) is 6.09. The number of carboxylic acid groups (broad SMARTS) is 1. The third kappa shape index (κ3) is 25.7. The van der Waals surface area contributed by atoms with Gasteiger partial charge < -0.3 is 5.11 Å². The van der Waals surface area contributed by atoms with E-state index in [9.17, 15) is 4.79 Å². The Kier molecular flexibility index (Phi) is 30.0. The number of hydrogen-bond acceptors (Lipinski definition) is 1. The third-order valence-electron chi connectivity index (χ3n) is 3.99. The molecule has 0 unspecified atom stereocenters. The summed E-state index contributed by atoms with van der Waals surface area (Å²) in [6, 6.07) is 0. The number of unbranched alkanes of at least 4 members (excludes halogenated alkanes) is 14. The van der Waals surface area contributed by atoms with E-state index in [1.54, 1.807) is 0 Å². The zero-order valence-corrected chi connectivity index (χ0v) is 21.0. The van der Waals surface area contributed by atoms with Gasteiger partial charge in [-0.1, -0.05) is 96.8 Å². The second-order valence-corrected chi connectivity index (χ2v) is 6.09. The van der Waals surface area contributed by atoms with Gasteiger partial charge in [0.25, 0.3) is 0 Å². The van der Waals surface area contributed by atoms with Crippen molar-refractivity contribution in [2.24, 2.45) is 0 Å². The van der Waals surface area contributed by atoms with Gasteiger partial charge in [-0.25, -0.2) is 0 Å². The standard InChI is InChI=1S/C18H36O2.2Zn/c1-2-3-4-5-6-7-8-9-10-11-12-13-14-15-16-17-18(19)20;;/h2-17H2,1H3,(H,19,20);;. The van der Waals surface area contributed by atoms with E-state index in [0.717, 1.165) is 12.8 Å². The molecule has 4 heteroatoms. The molecule has 0 aromatic carbocycles. The molecule has 0 amide bonds. The Labute approximate surface area is 164 Å². The summed E-state index contributed by atoms with van der Waals surface area (Å²) >= 11 is 0. The van der Waals surface area contributed by atoms with E-state index in [1.165, 1.54) is 83.5 Å². The molecule has 0 bridgehead atoms. The van der Waals surface area contributed by atoms with Crippen LogP contribution in [0.25, 0.3) is 0 Å². The maximum absolute atomic E-state index is 10.3. The summed E-state index contributed by atoms with van der Waals surface area (Å²) in [5.41, 5.74) is 0. The minimum Gasteiger partial charge on any atom is -0.481 e. The van der Waals surface area contributed by atoms with Crippen molar-refractivity contribution < 1.29 is 48.9 Å². The van der Waals surface area contributed by atoms with E-state index in [4.69, 9.17) is 5.11 Å². The SMILES string of the molecule is CCCCCCCCCCCCCCCCCC(=O)O.[Zn].[Zn]. The Hall–Kier alpha value is 0.717. The van der Waals surface area contributed by atoms with Gasteiger partial charge in [0.15, 0.2) is 0 Å². The first-order valence-corrected chi connectivity index (χ1v) is 8.99. The third-order valence-corrected chi connectivity index (χ3v) is 3.99. The molecule has 124 valence electrons. The van der Waals surface area contributed by atoms with Crippen LogP contribution in [0.1, 0.15) is 110 Å². The largest absolute Gasteiger partial charge is 0.481 e. The molecule has 0 aliphatic carbocycles. The molecule has 0 heterocycles. The second kappa shape index (κ2) is 24.0. The normalized spacial score (nSPS) is 9.86. The van der Waals surface area contributed by atoms with Crippen LogP contribution < -0.4 is 0 Å². The van der Waals surface area contributed by atoms with Crippen LogP contribution in [0.2, 0.25) is 0 Å². The van der Waals surface area contributed by atoms with E-state index >= 15 is 0 Å². The van der Waals surface area contributed by atoms with Crippen LogP contribution in [0.3, 0.4) is 0 Å². The van der Waals surface area contributed by atoms with E-state index < -0.39 is 5.97 Å². The number of rotatable bonds is 16. The van der Waals surface area contributed by atoms with Gasteiger partial charge >= 0.3 is 5.97 Å². The number of hydrogen-bond donors (Lipinski definition) is 1. The maximum Gasteiger partial charge on any atom is 0.303 e. The number of carboxylic acids is 1. The van der Waals surface area contributed by atoms with Crippen molar-refractivity contribution >= 4 is 5.97 Å². The molecular formula is C18H36O2Zn2. The molecule has 0 aliphatic rings. The molecule has 0 aromatic rings. The first kappa shape index (κ1) is 27.6. The monoisotopic (exact) mass is 412 g/mol. The maximum atomic E-state index is 10.3. The molecule has 0 atom stereocenters. The van der Waals surface area contributed by atoms with E-state index in [-0.39, 0.29) is 39.0 Å². The number of carbonyl (C=O) groups is 1. The van der Waals surface area contributed by atoms with Gasteiger partial charge in [0.05, 0.1) is 0 Å². The smallest absolute Gasteiger partial charge is 0.303 e. The average Bonchev–Trinajstić information content (AvgIpc) is 2.43. The molecule has 2 nitrogen and oxygen atoms in total. The van der Waals surface area contributed by atoms with E-state index in [2.05, 4.69) is 6.92 Å². The Morgan fingerprint density at radius 1 is 0.591 bits per heavy atom. The van der Waals surface area contributed by atoms with Crippen molar-refractivity contribution in [1.82, 2.24) is 0 Å². The molecule has 0 aromatic heterocycles. The molecule has 0 radical (unpaired) electrons. The Morgan fingerprint density at radius 3 is 1.14 bits per heavy atom. The van der Waals surface area contributed by atoms with Crippen LogP contribution in [0, 0.1) is 0 Å². The summed E-state index contributed by atoms with van der Waals surface area (Å²) in [4.78, 5) is 10.3. The molecule has 22 heavy (non-hydrogen) atoms. The summed E-state index contributed by atoms with van der Waals surface area (Å²) in [6.07, 6.45) is 20.2. The summed E-state index contributed by atoms with van der Waals surface area (Å²) < 4.78 is 0. The van der Waals surface area contributed by atoms with Gasteiger partial charge in [0, 0.05) is 45.4 Å². The van der Waals surface area contributed by atoms with Crippen molar-refractivity contribution in [3.63, 3.8) is 0 Å². The van der Waals surface area contributed by atoms with Gasteiger partial charge in [-0.2, -0.15) is 0 Å². The van der Waals surface area contributed by atoms with Crippen LogP contribution in [0.5, 0.6) is 0 Å². The van der Waals surface area contributed by atoms with Crippen LogP contribution in [-0.2, 0) is 43.8 Å². The molecule has 0 spiro atoms. The molecule has 0 saturated heterocycles. The Balaban J connectivity index is -0.00000180. The van der Waals surface area contributed by atoms with Crippen molar-refractivity contribution in [2.75, 3.05) is 0 Å². The van der Waals surface area contributed by atoms with Crippen molar-refractivity contribution in [3.8, 4) is 0 Å². The fourth-order valence-corrected chi connectivity index (χ4v) is 2.65. The molecule has 0 aliphatic heterocycles. The van der Waals surface area contributed by atoms with Crippen LogP contribution in [0.15, 0.2) is 0 Å². The predicted molar refractivity (Wildman–Crippen MR) is 87.2 cm³/mol. The fourth-order valence-electron chi connectivity index (χ4n) is 2.65. The topological polar surface area (TPSA) is 37.3 Å². The molecule has 0 fully saturated rings. The molecule has 0 saturated carbocycles. The predicted octanol–water partition coefficient (Wildman–Crippen LogP) is 6.33. The fraction of sp³-hybridized carbons (Fsp3) is 0.944. The minimum absolute atomic E-state index is 0. The van der Waals surface area contributed by atoms with Gasteiger partial charge in [0.2, 0.25) is 0 Å². The average molecular weight is 415 g/mol. The van der Waals surface area contributed by atoms with Crippen LogP contribution >= 0.6 is 0 Å². The number of aliphatic carboxylic acids is 1. The van der Waals surface area contributed by atoms with E-state index in [1.807, 2.05) is 0 Å². The van der Waals surface area contributed by atoms with Crippen molar-refractivity contribution in [3.05, 3.63) is 0 Å². The minimum atomic E-state index is -0.653. The quantitative estimate of drug-likeness (QED) is 0.236. The zero-order chi connectivity index (χ0) is 14.9. The van der Waals surface area contributed by atoms with Crippen molar-refractivity contribution in [1.29, 1.82) is 0 Å². The zero-order valence-electron chi connectivity index (χ0n) is 15.1. The summed E-state index contributed by atoms with van der Waals surface area (Å²) in [5, 5.41) is 8.52. The summed E-state index contributed by atoms with van der Waals surface area (Å²) in [5.74, 6) is -0.653. The first-order valence-electron chi connectivity index (χ1n) is 8.99. The van der Waals surface area contributed by atoms with Crippen molar-refractivity contribution in [2.45, 2.75) is 110 Å². The Morgan fingerprint density at radius 2 is 0.864 bits per heavy atom. The van der Waals surface area contributed by atoms with Gasteiger partial charge in [-0.15, -0.1) is 0 Å². The van der Waals surface area contributed by atoms with Crippen LogP contribution in [0.4, 0.5) is 0 Å². The summed E-state index contributed by atoms with van der Waals surface area (Å²) in [6.45, 7) is 2.27. The first-order chi connectivity index (χ1) is 9.77. The van der Waals surface area contributed by atoms with Gasteiger partial charge in [-0.3, -0.25) is 4.79 Å². The van der Waals surface area contributed by atoms with Crippen LogP contribution in [-0.4, -0.2) is 11.1 Å². The molecular weight excluding hydrogens is 379 g/mol. The molecule has 1 N–H and O–H groups in total. The molecule has 0 rings (SSSR count). The van der Waals surface area contributed by atoms with Gasteiger partial charge in [0.1, 0.15) is 0 Å². The van der Waals surface area contributed by atoms with E-state index in [0.29, 0.717) is 6.42 Å². The summed E-state index contributed by atoms with van der Waals surface area (Å²) in [7, 11) is 0. The van der Waals surface area contributed by atoms with Gasteiger partial charge in [-0.05, 0) is 6.42 Å².